The number of aliphatic carboxylic acids is 1. The SMILES string of the molecule is COc1ccc(CC(NC(=O)OC(C)(C)C)C(=O)O)cc1CN1CCCCCC1. The molecule has 7 nitrogen and oxygen atoms in total. The van der Waals surface area contributed by atoms with E-state index >= 15 is 0 Å². The van der Waals surface area contributed by atoms with E-state index in [1.165, 1.54) is 25.7 Å². The minimum Gasteiger partial charge on any atom is -0.496 e. The van der Waals surface area contributed by atoms with E-state index in [0.717, 1.165) is 36.5 Å². The predicted molar refractivity (Wildman–Crippen MR) is 111 cm³/mol. The van der Waals surface area contributed by atoms with Gasteiger partial charge in [0.15, 0.2) is 0 Å². The van der Waals surface area contributed by atoms with Crippen molar-refractivity contribution in [2.75, 3.05) is 20.2 Å². The largest absolute Gasteiger partial charge is 0.496 e. The van der Waals surface area contributed by atoms with Gasteiger partial charge in [-0.1, -0.05) is 25.0 Å². The number of hydrogen-bond acceptors (Lipinski definition) is 5. The fraction of sp³-hybridized carbons (Fsp3) is 0.636. The van der Waals surface area contributed by atoms with Gasteiger partial charge in [0.25, 0.3) is 0 Å². The first-order valence-corrected chi connectivity index (χ1v) is 10.3. The van der Waals surface area contributed by atoms with Crippen LogP contribution >= 0.6 is 0 Å². The maximum absolute atomic E-state index is 12.0. The molecular weight excluding hydrogens is 372 g/mol. The molecule has 1 unspecified atom stereocenters. The van der Waals surface area contributed by atoms with Crippen LogP contribution in [0.5, 0.6) is 5.75 Å². The van der Waals surface area contributed by atoms with E-state index in [1.807, 2.05) is 18.2 Å². The van der Waals surface area contributed by atoms with Crippen LogP contribution in [0.15, 0.2) is 18.2 Å². The van der Waals surface area contributed by atoms with E-state index in [2.05, 4.69) is 10.2 Å². The molecule has 0 aliphatic carbocycles. The zero-order chi connectivity index (χ0) is 21.4. The number of likely N-dealkylation sites (tertiary alicyclic amines) is 1. The molecule has 0 bridgehead atoms. The topological polar surface area (TPSA) is 88.1 Å². The Morgan fingerprint density at radius 3 is 2.38 bits per heavy atom. The fourth-order valence-electron chi connectivity index (χ4n) is 3.50. The Labute approximate surface area is 173 Å². The van der Waals surface area contributed by atoms with Gasteiger partial charge in [0.05, 0.1) is 7.11 Å². The maximum atomic E-state index is 12.0. The normalized spacial score (nSPS) is 16.6. The fourth-order valence-corrected chi connectivity index (χ4v) is 3.50. The van der Waals surface area contributed by atoms with Crippen LogP contribution in [0.4, 0.5) is 4.79 Å². The first-order valence-electron chi connectivity index (χ1n) is 10.3. The van der Waals surface area contributed by atoms with Crippen molar-refractivity contribution < 1.29 is 24.2 Å². The van der Waals surface area contributed by atoms with E-state index in [1.54, 1.807) is 27.9 Å². The first kappa shape index (κ1) is 23.0. The number of carbonyl (C=O) groups excluding carboxylic acids is 1. The van der Waals surface area contributed by atoms with Crippen molar-refractivity contribution in [1.82, 2.24) is 10.2 Å². The Kier molecular flexibility index (Phi) is 8.32. The number of amides is 1. The number of carboxylic acid groups (broad SMARTS) is 1. The van der Waals surface area contributed by atoms with Crippen molar-refractivity contribution in [3.05, 3.63) is 29.3 Å². The summed E-state index contributed by atoms with van der Waals surface area (Å²) in [7, 11) is 1.64. The highest BCUT2D eigenvalue weighted by Crippen LogP contribution is 2.24. The number of carbonyl (C=O) groups is 2. The lowest BCUT2D eigenvalue weighted by Crippen LogP contribution is -2.44. The van der Waals surface area contributed by atoms with Gasteiger partial charge in [-0.25, -0.2) is 9.59 Å². The second-order valence-electron chi connectivity index (χ2n) is 8.58. The van der Waals surface area contributed by atoms with E-state index in [4.69, 9.17) is 9.47 Å². The summed E-state index contributed by atoms with van der Waals surface area (Å²) in [6, 6.07) is 4.63. The molecule has 1 aromatic rings. The van der Waals surface area contributed by atoms with Crippen LogP contribution in [0.2, 0.25) is 0 Å². The van der Waals surface area contributed by atoms with Crippen molar-refractivity contribution in [2.45, 2.75) is 71.1 Å². The molecule has 2 N–H and O–H groups in total. The summed E-state index contributed by atoms with van der Waals surface area (Å²) in [5.74, 6) is -0.300. The molecule has 1 aliphatic rings. The molecule has 1 atom stereocenters. The van der Waals surface area contributed by atoms with Gasteiger partial charge in [-0.05, 0) is 58.3 Å². The standard InChI is InChI=1S/C22H34N2O5/c1-22(2,3)29-21(27)23-18(20(25)26)14-16-9-10-19(28-4)17(13-16)15-24-11-7-5-6-8-12-24/h9-10,13,18H,5-8,11-12,14-15H2,1-4H3,(H,23,27)(H,25,26). The number of ether oxygens (including phenoxy) is 2. The third-order valence-corrected chi connectivity index (χ3v) is 4.87. The lowest BCUT2D eigenvalue weighted by Gasteiger charge is -2.23. The van der Waals surface area contributed by atoms with Crippen LogP contribution in [0.1, 0.15) is 57.6 Å². The summed E-state index contributed by atoms with van der Waals surface area (Å²) in [6.07, 6.45) is 4.37. The van der Waals surface area contributed by atoms with Gasteiger partial charge in [-0.3, -0.25) is 4.90 Å². The highest BCUT2D eigenvalue weighted by Gasteiger charge is 2.24. The predicted octanol–water partition coefficient (Wildman–Crippen LogP) is 3.59. The Hall–Kier alpha value is -2.28. The van der Waals surface area contributed by atoms with Crippen molar-refractivity contribution >= 4 is 12.1 Å². The molecule has 1 amide bonds. The van der Waals surface area contributed by atoms with Crippen LogP contribution in [0.3, 0.4) is 0 Å². The Bertz CT molecular complexity index is 691. The average Bonchev–Trinajstić information content (AvgIpc) is 2.88. The van der Waals surface area contributed by atoms with Crippen LogP contribution < -0.4 is 10.1 Å². The van der Waals surface area contributed by atoms with Crippen molar-refractivity contribution in [1.29, 1.82) is 0 Å². The number of hydrogen-bond donors (Lipinski definition) is 2. The van der Waals surface area contributed by atoms with E-state index in [9.17, 15) is 14.7 Å². The zero-order valence-electron chi connectivity index (χ0n) is 18.0. The number of nitrogens with one attached hydrogen (secondary N) is 1. The van der Waals surface area contributed by atoms with Crippen LogP contribution in [0, 0.1) is 0 Å². The smallest absolute Gasteiger partial charge is 0.408 e. The van der Waals surface area contributed by atoms with Gasteiger partial charge in [0.1, 0.15) is 17.4 Å². The maximum Gasteiger partial charge on any atom is 0.408 e. The zero-order valence-corrected chi connectivity index (χ0v) is 18.0. The molecule has 29 heavy (non-hydrogen) atoms. The molecule has 0 saturated carbocycles. The monoisotopic (exact) mass is 406 g/mol. The quantitative estimate of drug-likeness (QED) is 0.719. The molecule has 0 radical (unpaired) electrons. The molecule has 1 aromatic carbocycles. The summed E-state index contributed by atoms with van der Waals surface area (Å²) < 4.78 is 10.7. The Morgan fingerprint density at radius 2 is 1.83 bits per heavy atom. The lowest BCUT2D eigenvalue weighted by atomic mass is 10.0. The van der Waals surface area contributed by atoms with Gasteiger partial charge in [0, 0.05) is 18.5 Å². The summed E-state index contributed by atoms with van der Waals surface area (Å²) in [5.41, 5.74) is 1.18. The number of rotatable bonds is 7. The number of carboxylic acids is 1. The first-order chi connectivity index (χ1) is 13.7. The number of methoxy groups -OCH3 is 1. The summed E-state index contributed by atoms with van der Waals surface area (Å²) in [4.78, 5) is 26.1. The van der Waals surface area contributed by atoms with Crippen LogP contribution in [-0.4, -0.2) is 53.9 Å². The minimum absolute atomic E-state index is 0.172. The van der Waals surface area contributed by atoms with Crippen LogP contribution in [0.25, 0.3) is 0 Å². The molecule has 1 aliphatic heterocycles. The molecular formula is C22H34N2O5. The molecule has 1 heterocycles. The number of benzene rings is 1. The summed E-state index contributed by atoms with van der Waals surface area (Å²) in [6.45, 7) is 8.10. The van der Waals surface area contributed by atoms with Gasteiger partial charge in [0.2, 0.25) is 0 Å². The molecule has 2 rings (SSSR count). The molecule has 1 fully saturated rings. The van der Waals surface area contributed by atoms with Crippen molar-refractivity contribution in [2.24, 2.45) is 0 Å². The molecule has 0 spiro atoms. The molecule has 162 valence electrons. The highest BCUT2D eigenvalue weighted by atomic mass is 16.6. The van der Waals surface area contributed by atoms with E-state index in [-0.39, 0.29) is 6.42 Å². The summed E-state index contributed by atoms with van der Waals surface area (Å²) in [5, 5.41) is 12.0. The third kappa shape index (κ3) is 7.93. The minimum atomic E-state index is -1.10. The average molecular weight is 407 g/mol. The lowest BCUT2D eigenvalue weighted by molar-refractivity contribution is -0.139. The van der Waals surface area contributed by atoms with Gasteiger partial charge < -0.3 is 19.9 Å². The van der Waals surface area contributed by atoms with E-state index in [0.29, 0.717) is 0 Å². The molecule has 1 saturated heterocycles. The molecule has 0 aromatic heterocycles. The van der Waals surface area contributed by atoms with E-state index < -0.39 is 23.7 Å². The second kappa shape index (κ2) is 10.5. The third-order valence-electron chi connectivity index (χ3n) is 4.87. The van der Waals surface area contributed by atoms with Gasteiger partial charge >= 0.3 is 12.1 Å². The highest BCUT2D eigenvalue weighted by molar-refractivity contribution is 5.80. The second-order valence-corrected chi connectivity index (χ2v) is 8.58. The van der Waals surface area contributed by atoms with Crippen LogP contribution in [-0.2, 0) is 22.5 Å². The Morgan fingerprint density at radius 1 is 1.17 bits per heavy atom. The van der Waals surface area contributed by atoms with Crippen molar-refractivity contribution in [3.8, 4) is 5.75 Å². The molecule has 7 heteroatoms. The van der Waals surface area contributed by atoms with Crippen molar-refractivity contribution in [3.63, 3.8) is 0 Å². The Balaban J connectivity index is 2.11. The summed E-state index contributed by atoms with van der Waals surface area (Å²) >= 11 is 0. The van der Waals surface area contributed by atoms with Gasteiger partial charge in [-0.15, -0.1) is 0 Å². The number of nitrogens with zero attached hydrogens (tertiary/aromatic N) is 1. The van der Waals surface area contributed by atoms with Gasteiger partial charge in [-0.2, -0.15) is 0 Å². The number of alkyl carbamates (subject to hydrolysis) is 1.